The fourth-order valence-electron chi connectivity index (χ4n) is 5.18. The van der Waals surface area contributed by atoms with Gasteiger partial charge < -0.3 is 63.5 Å². The zero-order valence-electron chi connectivity index (χ0n) is 24.4. The third kappa shape index (κ3) is 6.75. The predicted octanol–water partition coefficient (Wildman–Crippen LogP) is -0.224. The van der Waals surface area contributed by atoms with Crippen LogP contribution in [0, 0.1) is 0 Å². The SMILES string of the molecule is COc1ccc(-c2cc(=O)c3c(O)cc(O[C@H]4O[C@H](CO[C@@H]5O[C@H](C)[C@@H](OC(C)=O)[C@H](O)[C@H]5O)[C@@H](O)[C@H](O)[C@H]4O)cc3o2)cc1. The number of esters is 1. The third-order valence-electron chi connectivity index (χ3n) is 7.58. The molecule has 3 heterocycles. The van der Waals surface area contributed by atoms with Crippen molar-refractivity contribution in [2.24, 2.45) is 0 Å². The lowest BCUT2D eigenvalue weighted by Crippen LogP contribution is -2.62. The predicted molar refractivity (Wildman–Crippen MR) is 151 cm³/mol. The molecule has 0 aliphatic carbocycles. The Morgan fingerprint density at radius 2 is 1.56 bits per heavy atom. The average molecular weight is 635 g/mol. The summed E-state index contributed by atoms with van der Waals surface area (Å²) in [7, 11) is 1.52. The molecule has 244 valence electrons. The Kier molecular flexibility index (Phi) is 9.62. The summed E-state index contributed by atoms with van der Waals surface area (Å²) in [6.45, 7) is 2.13. The van der Waals surface area contributed by atoms with Gasteiger partial charge in [0.05, 0.1) is 19.8 Å². The molecule has 45 heavy (non-hydrogen) atoms. The van der Waals surface area contributed by atoms with E-state index in [1.54, 1.807) is 24.3 Å². The summed E-state index contributed by atoms with van der Waals surface area (Å²) >= 11 is 0. The number of benzene rings is 2. The molecule has 2 aromatic carbocycles. The molecule has 15 nitrogen and oxygen atoms in total. The molecule has 10 atom stereocenters. The molecule has 0 spiro atoms. The largest absolute Gasteiger partial charge is 0.507 e. The lowest BCUT2D eigenvalue weighted by atomic mass is 9.98. The van der Waals surface area contributed by atoms with Crippen molar-refractivity contribution in [3.8, 4) is 28.6 Å². The van der Waals surface area contributed by atoms with Gasteiger partial charge in [-0.3, -0.25) is 9.59 Å². The second-order valence-corrected chi connectivity index (χ2v) is 10.7. The topological polar surface area (TPSA) is 224 Å². The maximum absolute atomic E-state index is 12.8. The summed E-state index contributed by atoms with van der Waals surface area (Å²) in [6, 6.07) is 10.3. The van der Waals surface area contributed by atoms with E-state index in [0.29, 0.717) is 11.3 Å². The Bertz CT molecular complexity index is 1560. The van der Waals surface area contributed by atoms with Crippen molar-refractivity contribution in [3.63, 3.8) is 0 Å². The maximum atomic E-state index is 12.8. The molecule has 0 amide bonds. The van der Waals surface area contributed by atoms with Crippen molar-refractivity contribution in [2.75, 3.05) is 13.7 Å². The summed E-state index contributed by atoms with van der Waals surface area (Å²) in [6.07, 6.45) is -14.8. The second-order valence-electron chi connectivity index (χ2n) is 10.7. The van der Waals surface area contributed by atoms with Gasteiger partial charge in [0, 0.05) is 30.7 Å². The van der Waals surface area contributed by atoms with Crippen LogP contribution >= 0.6 is 0 Å². The van der Waals surface area contributed by atoms with E-state index in [9.17, 15) is 40.2 Å². The molecule has 0 unspecified atom stereocenters. The number of aliphatic hydroxyl groups is 5. The average Bonchev–Trinajstić information content (AvgIpc) is 3.00. The van der Waals surface area contributed by atoms with Crippen LogP contribution in [0.1, 0.15) is 13.8 Å². The van der Waals surface area contributed by atoms with Gasteiger partial charge in [0.2, 0.25) is 6.29 Å². The van der Waals surface area contributed by atoms with Gasteiger partial charge in [-0.2, -0.15) is 0 Å². The summed E-state index contributed by atoms with van der Waals surface area (Å²) in [4.78, 5) is 24.2. The van der Waals surface area contributed by atoms with E-state index in [0.717, 1.165) is 13.0 Å². The standard InChI is InChI=1S/C30H34O15/c1-12-28(42-13(2)31)25(36)27(38)29(41-12)40-11-21-23(34)24(35)26(37)30(45-21)43-16-8-17(32)22-18(33)10-19(44-20(22)9-16)14-4-6-15(39-3)7-5-14/h4-10,12,21,23-30,32,34-38H,11H2,1-3H3/t12-,21-,23-,24+,25-,26-,27-,28-,29-,30+/m1/s1. The van der Waals surface area contributed by atoms with E-state index in [-0.39, 0.29) is 22.5 Å². The highest BCUT2D eigenvalue weighted by Crippen LogP contribution is 2.34. The smallest absolute Gasteiger partial charge is 0.303 e. The van der Waals surface area contributed by atoms with E-state index in [4.69, 9.17) is 32.8 Å². The lowest BCUT2D eigenvalue weighted by molar-refractivity contribution is -0.319. The molecule has 2 aliphatic heterocycles. The molecular formula is C30H34O15. The Labute approximate surface area is 255 Å². The molecule has 0 radical (unpaired) electrons. The molecule has 15 heteroatoms. The normalized spacial score (nSPS) is 31.8. The Balaban J connectivity index is 1.32. The van der Waals surface area contributed by atoms with Gasteiger partial charge in [-0.25, -0.2) is 0 Å². The quantitative estimate of drug-likeness (QED) is 0.176. The van der Waals surface area contributed by atoms with Gasteiger partial charge in [0.15, 0.2) is 17.8 Å². The first-order valence-corrected chi connectivity index (χ1v) is 14.0. The number of hydrogen-bond acceptors (Lipinski definition) is 15. The summed E-state index contributed by atoms with van der Waals surface area (Å²) in [5.41, 5.74) is -0.0127. The van der Waals surface area contributed by atoms with Crippen LogP contribution in [0.3, 0.4) is 0 Å². The van der Waals surface area contributed by atoms with Gasteiger partial charge in [-0.15, -0.1) is 0 Å². The minimum Gasteiger partial charge on any atom is -0.507 e. The number of aliphatic hydroxyl groups excluding tert-OH is 5. The number of methoxy groups -OCH3 is 1. The highest BCUT2D eigenvalue weighted by Gasteiger charge is 2.48. The molecule has 1 aromatic heterocycles. The zero-order valence-corrected chi connectivity index (χ0v) is 24.4. The first-order chi connectivity index (χ1) is 21.4. The Hall–Kier alpha value is -3.80. The Morgan fingerprint density at radius 1 is 0.867 bits per heavy atom. The molecule has 0 bridgehead atoms. The van der Waals surface area contributed by atoms with E-state index in [1.807, 2.05) is 0 Å². The summed E-state index contributed by atoms with van der Waals surface area (Å²) in [5.74, 6) is -0.479. The number of carbonyl (C=O) groups is 1. The van der Waals surface area contributed by atoms with Crippen LogP contribution in [0.2, 0.25) is 0 Å². The van der Waals surface area contributed by atoms with Crippen molar-refractivity contribution < 1.29 is 68.3 Å². The molecule has 3 aromatic rings. The van der Waals surface area contributed by atoms with Gasteiger partial charge in [0.1, 0.15) is 70.6 Å². The first-order valence-electron chi connectivity index (χ1n) is 14.0. The number of rotatable bonds is 8. The molecule has 2 fully saturated rings. The van der Waals surface area contributed by atoms with Crippen molar-refractivity contribution in [3.05, 3.63) is 52.7 Å². The molecule has 5 rings (SSSR count). The van der Waals surface area contributed by atoms with Crippen LogP contribution in [-0.4, -0.2) is 112 Å². The fraction of sp³-hybridized carbons (Fsp3) is 0.467. The van der Waals surface area contributed by atoms with E-state index < -0.39 is 85.2 Å². The molecule has 2 saturated heterocycles. The maximum Gasteiger partial charge on any atom is 0.303 e. The van der Waals surface area contributed by atoms with Crippen LogP contribution in [0.15, 0.2) is 51.7 Å². The van der Waals surface area contributed by atoms with Crippen molar-refractivity contribution in [1.29, 1.82) is 0 Å². The minimum absolute atomic E-state index is 0.0442. The van der Waals surface area contributed by atoms with Crippen LogP contribution in [0.5, 0.6) is 17.2 Å². The number of fused-ring (bicyclic) bond motifs is 1. The number of aromatic hydroxyl groups is 1. The van der Waals surface area contributed by atoms with Crippen molar-refractivity contribution in [1.82, 2.24) is 0 Å². The van der Waals surface area contributed by atoms with Crippen LogP contribution in [0.4, 0.5) is 0 Å². The third-order valence-corrected chi connectivity index (χ3v) is 7.58. The van der Waals surface area contributed by atoms with E-state index in [2.05, 4.69) is 0 Å². The van der Waals surface area contributed by atoms with Gasteiger partial charge in [-0.1, -0.05) is 0 Å². The molecule has 2 aliphatic rings. The number of hydrogen-bond donors (Lipinski definition) is 6. The van der Waals surface area contributed by atoms with Gasteiger partial charge >= 0.3 is 5.97 Å². The minimum atomic E-state index is -1.78. The van der Waals surface area contributed by atoms with E-state index in [1.165, 1.54) is 26.2 Å². The van der Waals surface area contributed by atoms with Crippen LogP contribution in [-0.2, 0) is 23.7 Å². The summed E-state index contributed by atoms with van der Waals surface area (Å²) < 4.78 is 38.5. The lowest BCUT2D eigenvalue weighted by Gasteiger charge is -2.43. The fourth-order valence-corrected chi connectivity index (χ4v) is 5.18. The van der Waals surface area contributed by atoms with Crippen LogP contribution in [0.25, 0.3) is 22.3 Å². The van der Waals surface area contributed by atoms with Crippen molar-refractivity contribution in [2.45, 2.75) is 75.3 Å². The number of carbonyl (C=O) groups excluding carboxylic acids is 1. The van der Waals surface area contributed by atoms with Gasteiger partial charge in [0.25, 0.3) is 0 Å². The summed E-state index contributed by atoms with van der Waals surface area (Å²) in [5, 5.41) is 63.0. The van der Waals surface area contributed by atoms with Crippen LogP contribution < -0.4 is 14.9 Å². The first kappa shape index (κ1) is 32.6. The number of ether oxygens (including phenoxy) is 6. The highest BCUT2D eigenvalue weighted by molar-refractivity contribution is 5.86. The van der Waals surface area contributed by atoms with E-state index >= 15 is 0 Å². The monoisotopic (exact) mass is 634 g/mol. The highest BCUT2D eigenvalue weighted by atomic mass is 16.7. The molecule has 6 N–H and O–H groups in total. The zero-order chi connectivity index (χ0) is 32.6. The molecule has 0 saturated carbocycles. The number of phenols is 1. The van der Waals surface area contributed by atoms with Gasteiger partial charge in [-0.05, 0) is 31.2 Å². The second kappa shape index (κ2) is 13.3. The number of phenolic OH excluding ortho intramolecular Hbond substituents is 1. The van der Waals surface area contributed by atoms with Crippen molar-refractivity contribution >= 4 is 16.9 Å². The molecular weight excluding hydrogens is 600 g/mol. The Morgan fingerprint density at radius 3 is 2.22 bits per heavy atom.